The number of hydrogen-bond acceptors (Lipinski definition) is 4. The molecular formula is C23H26BrF2N3O3. The number of ether oxygens (including phenoxy) is 1. The lowest BCUT2D eigenvalue weighted by molar-refractivity contribution is -0.122. The van der Waals surface area contributed by atoms with Crippen molar-refractivity contribution in [1.82, 2.24) is 9.78 Å². The monoisotopic (exact) mass is 509 g/mol. The van der Waals surface area contributed by atoms with E-state index in [1.807, 2.05) is 0 Å². The number of halogens is 3. The van der Waals surface area contributed by atoms with Crippen molar-refractivity contribution < 1.29 is 23.1 Å². The average molecular weight is 510 g/mol. The van der Waals surface area contributed by atoms with Gasteiger partial charge in [0, 0.05) is 28.5 Å². The van der Waals surface area contributed by atoms with Gasteiger partial charge in [0.15, 0.2) is 12.0 Å². The summed E-state index contributed by atoms with van der Waals surface area (Å²) in [6.07, 6.45) is 3.07. The van der Waals surface area contributed by atoms with Gasteiger partial charge in [-0.2, -0.15) is 5.10 Å². The number of nitrogens with zero attached hydrogens (tertiary/aromatic N) is 2. The molecule has 3 atom stereocenters. The van der Waals surface area contributed by atoms with Crippen LogP contribution in [0.25, 0.3) is 0 Å². The van der Waals surface area contributed by atoms with E-state index in [4.69, 9.17) is 4.74 Å². The summed E-state index contributed by atoms with van der Waals surface area (Å²) in [5.74, 6) is -1.54. The van der Waals surface area contributed by atoms with Gasteiger partial charge in [0.05, 0.1) is 11.9 Å². The van der Waals surface area contributed by atoms with Gasteiger partial charge in [0.25, 0.3) is 6.43 Å². The number of alkyl halides is 2. The lowest BCUT2D eigenvalue weighted by Crippen LogP contribution is -2.36. The molecule has 6 nitrogen and oxygen atoms in total. The maximum absolute atomic E-state index is 13.9. The van der Waals surface area contributed by atoms with Crippen LogP contribution in [-0.2, 0) is 9.53 Å². The van der Waals surface area contributed by atoms with Gasteiger partial charge in [0.1, 0.15) is 5.69 Å². The molecule has 2 aromatic rings. The third-order valence-corrected chi connectivity index (χ3v) is 6.82. The number of aromatic nitrogens is 2. The largest absolute Gasteiger partial charge is 0.357 e. The quantitative estimate of drug-likeness (QED) is 0.491. The Bertz CT molecular complexity index is 958. The van der Waals surface area contributed by atoms with E-state index in [0.717, 1.165) is 30.2 Å². The molecule has 0 radical (unpaired) electrons. The zero-order valence-electron chi connectivity index (χ0n) is 17.6. The van der Waals surface area contributed by atoms with Gasteiger partial charge in [-0.1, -0.05) is 40.9 Å². The third kappa shape index (κ3) is 4.93. The molecule has 0 spiro atoms. The lowest BCUT2D eigenvalue weighted by Gasteiger charge is -2.29. The first-order valence-electron chi connectivity index (χ1n) is 11.0. The van der Waals surface area contributed by atoms with Crippen molar-refractivity contribution in [2.24, 2.45) is 11.8 Å². The van der Waals surface area contributed by atoms with Gasteiger partial charge in [-0.15, -0.1) is 0 Å². The van der Waals surface area contributed by atoms with Gasteiger partial charge in [-0.3, -0.25) is 9.59 Å². The Morgan fingerprint density at radius 1 is 1.06 bits per heavy atom. The van der Waals surface area contributed by atoms with E-state index in [9.17, 15) is 18.4 Å². The van der Waals surface area contributed by atoms with Crippen LogP contribution in [0.2, 0.25) is 0 Å². The number of carbonyl (C=O) groups excluding carboxylic acids is 2. The molecule has 2 aliphatic rings. The molecule has 1 aromatic heterocycles. The Kier molecular flexibility index (Phi) is 7.35. The van der Waals surface area contributed by atoms with Crippen molar-refractivity contribution in [1.29, 1.82) is 0 Å². The van der Waals surface area contributed by atoms with Gasteiger partial charge in [-0.05, 0) is 44.2 Å². The highest BCUT2D eigenvalue weighted by molar-refractivity contribution is 9.10. The first kappa shape index (κ1) is 23.0. The van der Waals surface area contributed by atoms with Crippen molar-refractivity contribution in [2.75, 3.05) is 11.9 Å². The molecule has 1 saturated carbocycles. The van der Waals surface area contributed by atoms with Crippen molar-refractivity contribution in [3.63, 3.8) is 0 Å². The van der Waals surface area contributed by atoms with E-state index in [0.29, 0.717) is 31.4 Å². The maximum atomic E-state index is 13.9. The lowest BCUT2D eigenvalue weighted by atomic mass is 9.75. The minimum atomic E-state index is -2.81. The Morgan fingerprint density at radius 2 is 1.75 bits per heavy atom. The fourth-order valence-electron chi connectivity index (χ4n) is 4.64. The number of rotatable bonds is 6. The molecule has 1 saturated heterocycles. The SMILES string of the molecule is O=C(Nc1cnn(C2CCCCO2)c1C(F)F)C1CCCCC1C(=O)c1ccc(Br)cc1. The second kappa shape index (κ2) is 10.2. The van der Waals surface area contributed by atoms with E-state index in [2.05, 4.69) is 26.3 Å². The molecule has 3 unspecified atom stereocenters. The molecule has 1 N–H and O–H groups in total. The van der Waals surface area contributed by atoms with Crippen LogP contribution in [0, 0.1) is 11.8 Å². The molecule has 172 valence electrons. The summed E-state index contributed by atoms with van der Waals surface area (Å²) in [6.45, 7) is 0.497. The minimum absolute atomic E-state index is 0.0143. The van der Waals surface area contributed by atoms with Crippen molar-refractivity contribution in [3.8, 4) is 0 Å². The van der Waals surface area contributed by atoms with Crippen LogP contribution in [0.15, 0.2) is 34.9 Å². The Morgan fingerprint density at radius 3 is 2.41 bits per heavy atom. The zero-order valence-corrected chi connectivity index (χ0v) is 19.2. The summed E-state index contributed by atoms with van der Waals surface area (Å²) in [4.78, 5) is 26.3. The molecule has 32 heavy (non-hydrogen) atoms. The summed E-state index contributed by atoms with van der Waals surface area (Å²) in [5, 5.41) is 6.74. The van der Waals surface area contributed by atoms with Gasteiger partial charge in [0.2, 0.25) is 5.91 Å². The first-order chi connectivity index (χ1) is 15.5. The Labute approximate surface area is 193 Å². The topological polar surface area (TPSA) is 73.2 Å². The zero-order chi connectivity index (χ0) is 22.7. The number of carbonyl (C=O) groups is 2. The average Bonchev–Trinajstić information content (AvgIpc) is 3.23. The fourth-order valence-corrected chi connectivity index (χ4v) is 4.91. The molecule has 2 fully saturated rings. The first-order valence-corrected chi connectivity index (χ1v) is 11.8. The molecule has 0 bridgehead atoms. The predicted octanol–water partition coefficient (Wildman–Crippen LogP) is 5.91. The van der Waals surface area contributed by atoms with Crippen LogP contribution in [0.3, 0.4) is 0 Å². The van der Waals surface area contributed by atoms with E-state index in [-0.39, 0.29) is 17.2 Å². The number of Topliss-reactive ketones (excluding diaryl/α,β-unsaturated/α-hetero) is 1. The Balaban J connectivity index is 1.53. The van der Waals surface area contributed by atoms with E-state index >= 15 is 0 Å². The molecule has 1 aliphatic carbocycles. The number of ketones is 1. The second-order valence-electron chi connectivity index (χ2n) is 8.37. The highest BCUT2D eigenvalue weighted by Crippen LogP contribution is 2.36. The summed E-state index contributed by atoms with van der Waals surface area (Å²) in [6, 6.07) is 7.06. The molecular weight excluding hydrogens is 484 g/mol. The molecule has 1 aliphatic heterocycles. The second-order valence-corrected chi connectivity index (χ2v) is 9.28. The van der Waals surface area contributed by atoms with Crippen LogP contribution in [0.1, 0.15) is 73.7 Å². The number of amides is 1. The van der Waals surface area contributed by atoms with Gasteiger partial charge >= 0.3 is 0 Å². The van der Waals surface area contributed by atoms with Crippen LogP contribution < -0.4 is 5.32 Å². The van der Waals surface area contributed by atoms with Gasteiger partial charge < -0.3 is 10.1 Å². The van der Waals surface area contributed by atoms with E-state index in [1.54, 1.807) is 24.3 Å². The minimum Gasteiger partial charge on any atom is -0.357 e. The standard InChI is InChI=1S/C23H26BrF2N3O3/c24-15-10-8-14(9-11-15)21(30)16-5-1-2-6-17(16)23(31)28-18-13-27-29(20(18)22(25)26)19-7-3-4-12-32-19/h8-11,13,16-17,19,22H,1-7,12H2,(H,28,31). The van der Waals surface area contributed by atoms with Crippen molar-refractivity contribution in [3.05, 3.63) is 46.2 Å². The van der Waals surface area contributed by atoms with E-state index in [1.165, 1.54) is 10.9 Å². The number of anilines is 1. The van der Waals surface area contributed by atoms with E-state index < -0.39 is 30.4 Å². The highest BCUT2D eigenvalue weighted by atomic mass is 79.9. The van der Waals surface area contributed by atoms with Crippen LogP contribution >= 0.6 is 15.9 Å². The van der Waals surface area contributed by atoms with Crippen LogP contribution in [0.4, 0.5) is 14.5 Å². The molecule has 1 amide bonds. The summed E-state index contributed by atoms with van der Waals surface area (Å²) >= 11 is 3.36. The Hall–Kier alpha value is -2.13. The molecule has 4 rings (SSSR count). The normalized spacial score (nSPS) is 23.8. The fraction of sp³-hybridized carbons (Fsp3) is 0.522. The van der Waals surface area contributed by atoms with Crippen molar-refractivity contribution >= 4 is 33.3 Å². The molecule has 9 heteroatoms. The van der Waals surface area contributed by atoms with Crippen LogP contribution in [-0.4, -0.2) is 28.1 Å². The predicted molar refractivity (Wildman–Crippen MR) is 119 cm³/mol. The number of nitrogens with one attached hydrogen (secondary N) is 1. The number of benzene rings is 1. The van der Waals surface area contributed by atoms with Gasteiger partial charge in [-0.25, -0.2) is 13.5 Å². The molecule has 1 aromatic carbocycles. The summed E-state index contributed by atoms with van der Waals surface area (Å²) in [7, 11) is 0. The molecule has 2 heterocycles. The van der Waals surface area contributed by atoms with Crippen molar-refractivity contribution in [2.45, 2.75) is 57.6 Å². The maximum Gasteiger partial charge on any atom is 0.282 e. The highest BCUT2D eigenvalue weighted by Gasteiger charge is 2.37. The number of hydrogen-bond donors (Lipinski definition) is 1. The summed E-state index contributed by atoms with van der Waals surface area (Å²) < 4.78 is 35.5. The summed E-state index contributed by atoms with van der Waals surface area (Å²) in [5.41, 5.74) is 0.185. The van der Waals surface area contributed by atoms with Crippen LogP contribution in [0.5, 0.6) is 0 Å². The smallest absolute Gasteiger partial charge is 0.282 e. The third-order valence-electron chi connectivity index (χ3n) is 6.30.